The summed E-state index contributed by atoms with van der Waals surface area (Å²) in [6, 6.07) is 15.2. The monoisotopic (exact) mass is 491 g/mol. The standard InChI is InChI=1S/C25H25N5O4S/c1-17-4-2-3-5-21(17)34-15-14-33-19-8-6-18(7-9-19)16-20-22(26)30-24(27-23(20)31)35-25(28-30)29-10-12-32-13-11-29/h2-9,16,26H,10-15H2,1H3/b20-16+,26-22?. The number of fused-ring (bicyclic) bond motifs is 1. The van der Waals surface area contributed by atoms with Crippen LogP contribution in [0.1, 0.15) is 11.1 Å². The number of nitrogens with zero attached hydrogens (tertiary/aromatic N) is 4. The Hall–Kier alpha value is -3.63. The van der Waals surface area contributed by atoms with E-state index < -0.39 is 5.91 Å². The van der Waals surface area contributed by atoms with Gasteiger partial charge in [-0.2, -0.15) is 10.0 Å². The molecule has 1 N–H and O–H groups in total. The van der Waals surface area contributed by atoms with E-state index in [1.54, 1.807) is 6.08 Å². The maximum Gasteiger partial charge on any atom is 0.283 e. The number of morpholine rings is 1. The number of para-hydroxylation sites is 1. The van der Waals surface area contributed by atoms with E-state index in [2.05, 4.69) is 15.0 Å². The zero-order valence-electron chi connectivity index (χ0n) is 19.3. The lowest BCUT2D eigenvalue weighted by atomic mass is 10.1. The van der Waals surface area contributed by atoms with Crippen molar-refractivity contribution in [3.63, 3.8) is 0 Å². The molecule has 0 bridgehead atoms. The molecule has 0 unspecified atom stereocenters. The molecule has 1 amide bonds. The smallest absolute Gasteiger partial charge is 0.283 e. The van der Waals surface area contributed by atoms with Gasteiger partial charge in [0.1, 0.15) is 24.7 Å². The molecule has 180 valence electrons. The molecule has 0 atom stereocenters. The lowest BCUT2D eigenvalue weighted by Gasteiger charge is -2.26. The van der Waals surface area contributed by atoms with Gasteiger partial charge < -0.3 is 19.1 Å². The summed E-state index contributed by atoms with van der Waals surface area (Å²) < 4.78 is 16.9. The van der Waals surface area contributed by atoms with Crippen LogP contribution in [0, 0.1) is 12.3 Å². The van der Waals surface area contributed by atoms with Crippen LogP contribution in [0.3, 0.4) is 0 Å². The Morgan fingerprint density at radius 3 is 2.57 bits per heavy atom. The molecule has 0 saturated carbocycles. The Kier molecular flexibility index (Phi) is 6.82. The van der Waals surface area contributed by atoms with Crippen molar-refractivity contribution in [1.29, 1.82) is 5.41 Å². The van der Waals surface area contributed by atoms with Crippen LogP contribution in [0.15, 0.2) is 64.2 Å². The van der Waals surface area contributed by atoms with Gasteiger partial charge in [0.25, 0.3) is 5.91 Å². The Balaban J connectivity index is 1.20. The molecule has 10 heteroatoms. The summed E-state index contributed by atoms with van der Waals surface area (Å²) >= 11 is 1.31. The number of aryl methyl sites for hydroxylation is 1. The zero-order chi connectivity index (χ0) is 24.2. The van der Waals surface area contributed by atoms with Crippen molar-refractivity contribution in [2.45, 2.75) is 6.92 Å². The number of hydrazone groups is 1. The highest BCUT2D eigenvalue weighted by Gasteiger charge is 2.37. The lowest BCUT2D eigenvalue weighted by molar-refractivity contribution is -0.114. The topological polar surface area (TPSA) is 99.8 Å². The van der Waals surface area contributed by atoms with Crippen molar-refractivity contribution < 1.29 is 19.0 Å². The molecule has 0 radical (unpaired) electrons. The molecule has 0 aromatic heterocycles. The first-order valence-corrected chi connectivity index (χ1v) is 12.1. The van der Waals surface area contributed by atoms with Gasteiger partial charge in [-0.3, -0.25) is 10.2 Å². The van der Waals surface area contributed by atoms with Gasteiger partial charge in [0.2, 0.25) is 5.17 Å². The van der Waals surface area contributed by atoms with Crippen molar-refractivity contribution in [3.8, 4) is 11.5 Å². The second-order valence-electron chi connectivity index (χ2n) is 8.03. The van der Waals surface area contributed by atoms with Crippen molar-refractivity contribution in [2.75, 3.05) is 39.5 Å². The predicted molar refractivity (Wildman–Crippen MR) is 136 cm³/mol. The van der Waals surface area contributed by atoms with E-state index in [-0.39, 0.29) is 11.4 Å². The van der Waals surface area contributed by atoms with Crippen molar-refractivity contribution in [1.82, 2.24) is 9.91 Å². The summed E-state index contributed by atoms with van der Waals surface area (Å²) in [6.07, 6.45) is 1.66. The average molecular weight is 492 g/mol. The van der Waals surface area contributed by atoms with Gasteiger partial charge in [-0.1, -0.05) is 30.3 Å². The summed E-state index contributed by atoms with van der Waals surface area (Å²) in [4.78, 5) is 18.9. The van der Waals surface area contributed by atoms with E-state index in [0.29, 0.717) is 37.3 Å². The fourth-order valence-electron chi connectivity index (χ4n) is 3.72. The van der Waals surface area contributed by atoms with Gasteiger partial charge in [-0.05, 0) is 54.1 Å². The van der Waals surface area contributed by atoms with E-state index in [1.807, 2.05) is 55.5 Å². The highest BCUT2D eigenvalue weighted by molar-refractivity contribution is 8.26. The lowest BCUT2D eigenvalue weighted by Crippen LogP contribution is -2.39. The number of carbonyl (C=O) groups is 1. The minimum Gasteiger partial charge on any atom is -0.490 e. The third-order valence-corrected chi connectivity index (χ3v) is 6.59. The third kappa shape index (κ3) is 5.23. The fourth-order valence-corrected chi connectivity index (χ4v) is 4.67. The molecule has 3 aliphatic heterocycles. The van der Waals surface area contributed by atoms with E-state index in [1.165, 1.54) is 16.8 Å². The SMILES string of the molecule is Cc1ccccc1OCCOc1ccc(/C=C2\C(=N)N3N=C(N4CCOCC4)SC3=NC2=O)cc1. The van der Waals surface area contributed by atoms with Crippen molar-refractivity contribution in [2.24, 2.45) is 10.1 Å². The largest absolute Gasteiger partial charge is 0.490 e. The van der Waals surface area contributed by atoms with Crippen LogP contribution in [0.25, 0.3) is 6.08 Å². The number of amidine groups is 3. The number of hydrogen-bond donors (Lipinski definition) is 1. The van der Waals surface area contributed by atoms with Crippen LogP contribution in [0.5, 0.6) is 11.5 Å². The van der Waals surface area contributed by atoms with Crippen molar-refractivity contribution >= 4 is 39.9 Å². The predicted octanol–water partition coefficient (Wildman–Crippen LogP) is 3.36. The molecule has 2 aromatic carbocycles. The molecule has 1 fully saturated rings. The van der Waals surface area contributed by atoms with E-state index in [0.717, 1.165) is 35.1 Å². The number of carbonyl (C=O) groups excluding carboxylic acids is 1. The summed E-state index contributed by atoms with van der Waals surface area (Å²) in [5, 5.41) is 15.7. The molecule has 1 saturated heterocycles. The van der Waals surface area contributed by atoms with Gasteiger partial charge in [0.15, 0.2) is 11.0 Å². The number of benzene rings is 2. The minimum atomic E-state index is -0.444. The number of rotatable bonds is 6. The Bertz CT molecular complexity index is 1220. The highest BCUT2D eigenvalue weighted by atomic mass is 32.2. The molecule has 3 heterocycles. The normalized spacial score (nSPS) is 18.9. The number of aliphatic imine (C=N–C) groups is 1. The van der Waals surface area contributed by atoms with E-state index >= 15 is 0 Å². The molecule has 9 nitrogen and oxygen atoms in total. The van der Waals surface area contributed by atoms with Crippen molar-refractivity contribution in [3.05, 3.63) is 65.2 Å². The first-order valence-electron chi connectivity index (χ1n) is 11.3. The molecular weight excluding hydrogens is 466 g/mol. The third-order valence-electron chi connectivity index (χ3n) is 5.62. The van der Waals surface area contributed by atoms with Gasteiger partial charge >= 0.3 is 0 Å². The summed E-state index contributed by atoms with van der Waals surface area (Å²) in [5.41, 5.74) is 2.05. The fraction of sp³-hybridized carbons (Fsp3) is 0.280. The average Bonchev–Trinajstić information content (AvgIpc) is 3.31. The van der Waals surface area contributed by atoms with E-state index in [4.69, 9.17) is 19.6 Å². The first kappa shape index (κ1) is 23.1. The maximum absolute atomic E-state index is 12.7. The van der Waals surface area contributed by atoms with E-state index in [9.17, 15) is 4.79 Å². The Morgan fingerprint density at radius 2 is 1.80 bits per heavy atom. The van der Waals surface area contributed by atoms with Crippen LogP contribution in [0.2, 0.25) is 0 Å². The van der Waals surface area contributed by atoms with Crippen LogP contribution in [-0.4, -0.2) is 71.5 Å². The summed E-state index contributed by atoms with van der Waals surface area (Å²) in [7, 11) is 0. The van der Waals surface area contributed by atoms with Gasteiger partial charge in [-0.25, -0.2) is 0 Å². The van der Waals surface area contributed by atoms with Gasteiger partial charge in [0.05, 0.1) is 18.8 Å². The summed E-state index contributed by atoms with van der Waals surface area (Å²) in [6.45, 7) is 5.56. The molecule has 2 aromatic rings. The van der Waals surface area contributed by atoms with Gasteiger partial charge in [0, 0.05) is 13.1 Å². The molecule has 5 rings (SSSR count). The number of amides is 1. The van der Waals surface area contributed by atoms with Crippen LogP contribution in [0.4, 0.5) is 0 Å². The number of ether oxygens (including phenoxy) is 3. The summed E-state index contributed by atoms with van der Waals surface area (Å²) in [5.74, 6) is 1.12. The Morgan fingerprint density at radius 1 is 1.06 bits per heavy atom. The van der Waals surface area contributed by atoms with Crippen LogP contribution in [-0.2, 0) is 9.53 Å². The molecule has 3 aliphatic rings. The zero-order valence-corrected chi connectivity index (χ0v) is 20.1. The maximum atomic E-state index is 12.7. The second-order valence-corrected chi connectivity index (χ2v) is 8.97. The van der Waals surface area contributed by atoms with Gasteiger partial charge in [-0.15, -0.1) is 5.10 Å². The highest BCUT2D eigenvalue weighted by Crippen LogP contribution is 2.30. The number of hydrogen-bond acceptors (Lipinski definition) is 8. The second kappa shape index (κ2) is 10.3. The molecule has 35 heavy (non-hydrogen) atoms. The minimum absolute atomic E-state index is 0.0180. The number of thioether (sulfide) groups is 1. The van der Waals surface area contributed by atoms with Crippen LogP contribution >= 0.6 is 11.8 Å². The molecule has 0 spiro atoms. The number of nitrogens with one attached hydrogen (secondary N) is 1. The molecule has 0 aliphatic carbocycles. The first-order chi connectivity index (χ1) is 17.1. The quantitative estimate of drug-likeness (QED) is 0.489. The molecular formula is C25H25N5O4S. The van der Waals surface area contributed by atoms with Crippen LogP contribution < -0.4 is 9.47 Å². The Labute approximate surface area is 207 Å².